The second kappa shape index (κ2) is 5.32. The highest BCUT2D eigenvalue weighted by molar-refractivity contribution is 7.14. The van der Waals surface area contributed by atoms with E-state index in [1.165, 1.54) is 11.3 Å². The van der Waals surface area contributed by atoms with Crippen molar-refractivity contribution in [3.63, 3.8) is 0 Å². The zero-order chi connectivity index (χ0) is 11.3. The monoisotopic (exact) mass is 222 g/mol. The highest BCUT2D eigenvalue weighted by Gasteiger charge is 2.02. The number of hydrogen-bond acceptors (Lipinski definition) is 4. The van der Waals surface area contributed by atoms with Crippen LogP contribution in [0.1, 0.15) is 27.0 Å². The Balaban J connectivity index is 2.83. The number of hydrogen-bond donors (Lipinski definition) is 0. The number of aryl methyl sites for hydroxylation is 1. The topological polar surface area (TPSA) is 43.4 Å². The number of aldehydes is 1. The number of esters is 1. The molecular weight excluding hydrogens is 212 g/mol. The summed E-state index contributed by atoms with van der Waals surface area (Å²) in [5, 5.41) is 0. The summed E-state index contributed by atoms with van der Waals surface area (Å²) in [5.74, 6) is 4.51. The molecule has 1 aromatic heterocycles. The molecule has 0 aromatic carbocycles. The van der Waals surface area contributed by atoms with Gasteiger partial charge in [-0.2, -0.15) is 0 Å². The van der Waals surface area contributed by atoms with Gasteiger partial charge in [-0.05, 0) is 31.4 Å². The van der Waals surface area contributed by atoms with Gasteiger partial charge in [-0.3, -0.25) is 4.79 Å². The van der Waals surface area contributed by atoms with Gasteiger partial charge in [-0.25, -0.2) is 4.79 Å². The maximum absolute atomic E-state index is 10.9. The summed E-state index contributed by atoms with van der Waals surface area (Å²) in [4.78, 5) is 22.8. The number of thiophene rings is 1. The van der Waals surface area contributed by atoms with E-state index in [-0.39, 0.29) is 0 Å². The molecule has 1 aromatic rings. The minimum atomic E-state index is -0.544. The summed E-state index contributed by atoms with van der Waals surface area (Å²) in [5.41, 5.74) is 0.902. The second-order valence-corrected chi connectivity index (χ2v) is 3.83. The highest BCUT2D eigenvalue weighted by Crippen LogP contribution is 2.18. The van der Waals surface area contributed by atoms with E-state index in [1.807, 2.05) is 6.92 Å². The zero-order valence-electron chi connectivity index (χ0n) is 8.49. The Morgan fingerprint density at radius 1 is 1.67 bits per heavy atom. The molecule has 0 unspecified atom stereocenters. The fourth-order valence-electron chi connectivity index (χ4n) is 0.964. The molecule has 1 heterocycles. The predicted molar refractivity (Wildman–Crippen MR) is 58.0 cm³/mol. The largest absolute Gasteiger partial charge is 0.456 e. The van der Waals surface area contributed by atoms with Crippen LogP contribution in [0.4, 0.5) is 0 Å². The smallest absolute Gasteiger partial charge is 0.384 e. The lowest BCUT2D eigenvalue weighted by Crippen LogP contribution is -1.99. The summed E-state index contributed by atoms with van der Waals surface area (Å²) >= 11 is 1.27. The molecule has 0 amide bonds. The summed E-state index contributed by atoms with van der Waals surface area (Å²) in [6.07, 6.45) is 0.771. The van der Waals surface area contributed by atoms with Crippen LogP contribution < -0.4 is 0 Å². The van der Waals surface area contributed by atoms with Gasteiger partial charge in [0.2, 0.25) is 0 Å². The molecule has 15 heavy (non-hydrogen) atoms. The van der Waals surface area contributed by atoms with Gasteiger partial charge in [0.25, 0.3) is 0 Å². The number of ether oxygens (including phenoxy) is 1. The molecule has 0 saturated heterocycles. The van der Waals surface area contributed by atoms with E-state index in [4.69, 9.17) is 0 Å². The predicted octanol–water partition coefficient (Wildman–Crippen LogP) is 1.78. The second-order valence-electron chi connectivity index (χ2n) is 2.75. The van der Waals surface area contributed by atoms with Crippen LogP contribution in [0.5, 0.6) is 0 Å². The third-order valence-corrected chi connectivity index (χ3v) is 2.68. The normalized spacial score (nSPS) is 8.93. The lowest BCUT2D eigenvalue weighted by Gasteiger charge is -1.90. The van der Waals surface area contributed by atoms with E-state index < -0.39 is 5.97 Å². The van der Waals surface area contributed by atoms with Crippen molar-refractivity contribution < 1.29 is 14.3 Å². The average Bonchev–Trinajstić information content (AvgIpc) is 2.57. The Labute approximate surface area is 92.1 Å². The molecular formula is C11H10O3S. The van der Waals surface area contributed by atoms with Crippen molar-refractivity contribution >= 4 is 23.6 Å². The van der Waals surface area contributed by atoms with Crippen LogP contribution in [0.15, 0.2) is 6.07 Å². The van der Waals surface area contributed by atoms with Gasteiger partial charge < -0.3 is 4.74 Å². The van der Waals surface area contributed by atoms with Crippen LogP contribution >= 0.6 is 11.3 Å². The van der Waals surface area contributed by atoms with Crippen LogP contribution in [0.3, 0.4) is 0 Å². The molecule has 0 spiro atoms. The molecule has 0 N–H and O–H groups in total. The van der Waals surface area contributed by atoms with Crippen molar-refractivity contribution in [1.82, 2.24) is 0 Å². The maximum Gasteiger partial charge on any atom is 0.384 e. The average molecular weight is 222 g/mol. The number of carbonyl (C=O) groups excluding carboxylic acids is 2. The first kappa shape index (κ1) is 11.5. The number of carbonyl (C=O) groups is 2. The van der Waals surface area contributed by atoms with E-state index in [1.54, 1.807) is 13.0 Å². The minimum absolute atomic E-state index is 0.316. The van der Waals surface area contributed by atoms with Gasteiger partial charge in [0.1, 0.15) is 0 Å². The van der Waals surface area contributed by atoms with E-state index in [0.29, 0.717) is 11.5 Å². The van der Waals surface area contributed by atoms with Gasteiger partial charge in [0.15, 0.2) is 6.29 Å². The van der Waals surface area contributed by atoms with Crippen molar-refractivity contribution in [2.45, 2.75) is 13.8 Å². The van der Waals surface area contributed by atoms with E-state index in [2.05, 4.69) is 16.6 Å². The molecule has 0 aliphatic heterocycles. The van der Waals surface area contributed by atoms with Crippen molar-refractivity contribution in [3.8, 4) is 11.8 Å². The molecule has 0 radical (unpaired) electrons. The first-order chi connectivity index (χ1) is 7.17. The fourth-order valence-corrected chi connectivity index (χ4v) is 1.81. The van der Waals surface area contributed by atoms with Crippen LogP contribution in [0.2, 0.25) is 0 Å². The minimum Gasteiger partial charge on any atom is -0.456 e. The summed E-state index contributed by atoms with van der Waals surface area (Å²) < 4.78 is 4.66. The standard InChI is InChI=1S/C11H10O3S/c1-3-14-11(13)5-4-10-8(2)6-9(7-12)15-10/h6-7H,3H2,1-2H3. The molecule has 1 rings (SSSR count). The molecule has 0 atom stereocenters. The Hall–Kier alpha value is -1.60. The first-order valence-electron chi connectivity index (χ1n) is 4.41. The Morgan fingerprint density at radius 3 is 2.93 bits per heavy atom. The first-order valence-corrected chi connectivity index (χ1v) is 5.23. The Kier molecular flexibility index (Phi) is 4.07. The quantitative estimate of drug-likeness (QED) is 0.435. The molecule has 0 aliphatic rings. The Bertz CT molecular complexity index is 434. The van der Waals surface area contributed by atoms with Crippen LogP contribution in [0, 0.1) is 18.8 Å². The number of rotatable bonds is 2. The van der Waals surface area contributed by atoms with Crippen LogP contribution in [0.25, 0.3) is 0 Å². The lowest BCUT2D eigenvalue weighted by molar-refractivity contribution is -0.136. The summed E-state index contributed by atoms with van der Waals surface area (Å²) in [6.45, 7) is 3.88. The van der Waals surface area contributed by atoms with Gasteiger partial charge in [0.05, 0.1) is 16.4 Å². The molecule has 3 nitrogen and oxygen atoms in total. The van der Waals surface area contributed by atoms with Crippen LogP contribution in [-0.4, -0.2) is 18.9 Å². The zero-order valence-corrected chi connectivity index (χ0v) is 9.31. The van der Waals surface area contributed by atoms with Gasteiger partial charge in [-0.15, -0.1) is 11.3 Å². The Morgan fingerprint density at radius 2 is 2.40 bits per heavy atom. The maximum atomic E-state index is 10.9. The van der Waals surface area contributed by atoms with E-state index in [0.717, 1.165) is 16.7 Å². The SMILES string of the molecule is CCOC(=O)C#Cc1sc(C=O)cc1C. The third-order valence-electron chi connectivity index (χ3n) is 1.61. The molecule has 78 valence electrons. The third kappa shape index (κ3) is 3.22. The molecule has 4 heteroatoms. The van der Waals surface area contributed by atoms with E-state index in [9.17, 15) is 9.59 Å². The van der Waals surface area contributed by atoms with Gasteiger partial charge in [-0.1, -0.05) is 0 Å². The molecule has 0 aliphatic carbocycles. The fraction of sp³-hybridized carbons (Fsp3) is 0.273. The summed E-state index contributed by atoms with van der Waals surface area (Å²) in [6, 6.07) is 1.74. The van der Waals surface area contributed by atoms with Crippen molar-refractivity contribution in [2.75, 3.05) is 6.61 Å². The molecule has 0 saturated carbocycles. The molecule has 0 bridgehead atoms. The summed E-state index contributed by atoms with van der Waals surface area (Å²) in [7, 11) is 0. The lowest BCUT2D eigenvalue weighted by atomic mass is 10.3. The highest BCUT2D eigenvalue weighted by atomic mass is 32.1. The van der Waals surface area contributed by atoms with Gasteiger partial charge in [0, 0.05) is 5.92 Å². The van der Waals surface area contributed by atoms with E-state index >= 15 is 0 Å². The van der Waals surface area contributed by atoms with Gasteiger partial charge >= 0.3 is 5.97 Å². The van der Waals surface area contributed by atoms with Crippen molar-refractivity contribution in [3.05, 3.63) is 21.4 Å². The van der Waals surface area contributed by atoms with Crippen molar-refractivity contribution in [1.29, 1.82) is 0 Å². The molecule has 0 fully saturated rings. The van der Waals surface area contributed by atoms with Crippen LogP contribution in [-0.2, 0) is 9.53 Å². The van der Waals surface area contributed by atoms with Crippen molar-refractivity contribution in [2.24, 2.45) is 0 Å².